The number of fused-ring (bicyclic) bond motifs is 2. The molecule has 1 amide bonds. The molecule has 1 saturated heterocycles. The van der Waals surface area contributed by atoms with Gasteiger partial charge in [0.05, 0.1) is 7.11 Å². The fraction of sp³-hybridized carbons (Fsp3) is 0.435. The molecule has 0 aromatic heterocycles. The molecule has 0 radical (unpaired) electrons. The molecular formula is C23H28N2O2. The maximum atomic E-state index is 11.6. The lowest BCUT2D eigenvalue weighted by Gasteiger charge is -2.51. The minimum absolute atomic E-state index is 0.199. The lowest BCUT2D eigenvalue weighted by molar-refractivity contribution is 0.0458. The predicted octanol–water partition coefficient (Wildman–Crippen LogP) is 3.88. The van der Waals surface area contributed by atoms with Crippen molar-refractivity contribution in [3.63, 3.8) is 0 Å². The van der Waals surface area contributed by atoms with Crippen molar-refractivity contribution in [3.05, 3.63) is 65.2 Å². The number of piperidine rings is 1. The van der Waals surface area contributed by atoms with Crippen LogP contribution in [0, 0.1) is 0 Å². The highest BCUT2D eigenvalue weighted by Crippen LogP contribution is 2.47. The van der Waals surface area contributed by atoms with Gasteiger partial charge in [0.2, 0.25) is 5.91 Å². The van der Waals surface area contributed by atoms with Gasteiger partial charge in [-0.3, -0.25) is 9.69 Å². The minimum atomic E-state index is -0.336. The minimum Gasteiger partial charge on any atom is -0.497 e. The van der Waals surface area contributed by atoms with Crippen LogP contribution in [0.5, 0.6) is 5.75 Å². The lowest BCUT2D eigenvalue weighted by Crippen LogP contribution is -2.51. The molecule has 4 heteroatoms. The van der Waals surface area contributed by atoms with Crippen LogP contribution in [0.4, 0.5) is 0 Å². The first kappa shape index (κ1) is 18.1. The van der Waals surface area contributed by atoms with E-state index >= 15 is 0 Å². The smallest absolute Gasteiger partial charge is 0.248 e. The largest absolute Gasteiger partial charge is 0.497 e. The molecule has 2 fully saturated rings. The van der Waals surface area contributed by atoms with E-state index in [0.717, 1.165) is 25.3 Å². The maximum Gasteiger partial charge on any atom is 0.248 e. The summed E-state index contributed by atoms with van der Waals surface area (Å²) in [6.45, 7) is 2.09. The summed E-state index contributed by atoms with van der Waals surface area (Å²) < 4.78 is 5.27. The Morgan fingerprint density at radius 2 is 2.04 bits per heavy atom. The van der Waals surface area contributed by atoms with Gasteiger partial charge >= 0.3 is 0 Å². The second-order valence-electron chi connectivity index (χ2n) is 8.04. The van der Waals surface area contributed by atoms with E-state index in [9.17, 15) is 4.79 Å². The summed E-state index contributed by atoms with van der Waals surface area (Å²) >= 11 is 0. The highest BCUT2D eigenvalue weighted by Gasteiger charge is 2.43. The molecule has 0 spiro atoms. The molecule has 2 atom stereocenters. The number of hydrogen-bond donors (Lipinski definition) is 1. The number of rotatable bonds is 5. The van der Waals surface area contributed by atoms with Gasteiger partial charge in [-0.25, -0.2) is 0 Å². The van der Waals surface area contributed by atoms with Crippen LogP contribution in [0.25, 0.3) is 0 Å². The fourth-order valence-corrected chi connectivity index (χ4v) is 4.99. The highest BCUT2D eigenvalue weighted by atomic mass is 16.5. The molecule has 2 aromatic carbocycles. The molecule has 2 bridgehead atoms. The zero-order valence-electron chi connectivity index (χ0n) is 16.0. The van der Waals surface area contributed by atoms with Gasteiger partial charge in [-0.1, -0.05) is 30.7 Å². The third kappa shape index (κ3) is 3.59. The Hall–Kier alpha value is -2.33. The molecule has 2 unspecified atom stereocenters. The van der Waals surface area contributed by atoms with Crippen molar-refractivity contribution in [3.8, 4) is 5.75 Å². The van der Waals surface area contributed by atoms with Crippen molar-refractivity contribution in [2.45, 2.75) is 50.1 Å². The molecule has 4 nitrogen and oxygen atoms in total. The van der Waals surface area contributed by atoms with Gasteiger partial charge in [0.25, 0.3) is 0 Å². The van der Waals surface area contributed by atoms with Crippen LogP contribution in [0.15, 0.2) is 48.5 Å². The van der Waals surface area contributed by atoms with E-state index in [2.05, 4.69) is 23.1 Å². The third-order valence-electron chi connectivity index (χ3n) is 6.52. The number of likely N-dealkylation sites (tertiary alicyclic amines) is 1. The van der Waals surface area contributed by atoms with Gasteiger partial charge in [-0.15, -0.1) is 0 Å². The van der Waals surface area contributed by atoms with Crippen LogP contribution in [0.3, 0.4) is 0 Å². The van der Waals surface area contributed by atoms with Gasteiger partial charge in [-0.05, 0) is 73.0 Å². The summed E-state index contributed by atoms with van der Waals surface area (Å²) in [6, 6.07) is 17.0. The van der Waals surface area contributed by atoms with Gasteiger partial charge in [0.1, 0.15) is 5.75 Å². The molecule has 27 heavy (non-hydrogen) atoms. The van der Waals surface area contributed by atoms with Crippen molar-refractivity contribution in [2.24, 2.45) is 5.73 Å². The summed E-state index contributed by atoms with van der Waals surface area (Å²) in [5.41, 5.74) is 8.98. The molecule has 142 valence electrons. The van der Waals surface area contributed by atoms with Crippen molar-refractivity contribution in [2.75, 3.05) is 13.7 Å². The molecule has 4 rings (SSSR count). The maximum absolute atomic E-state index is 11.6. The topological polar surface area (TPSA) is 55.6 Å². The Balaban J connectivity index is 1.51. The molecule has 1 heterocycles. The first-order valence-corrected chi connectivity index (χ1v) is 9.87. The second-order valence-corrected chi connectivity index (χ2v) is 8.04. The number of carbonyl (C=O) groups is 1. The van der Waals surface area contributed by atoms with E-state index in [0.29, 0.717) is 11.6 Å². The average molecular weight is 364 g/mol. The second kappa shape index (κ2) is 7.35. The van der Waals surface area contributed by atoms with Crippen LogP contribution in [0.2, 0.25) is 0 Å². The third-order valence-corrected chi connectivity index (χ3v) is 6.52. The number of methoxy groups -OCH3 is 1. The standard InChI is InChI=1S/C23H28N2O2/c1-27-21-9-7-17(8-10-21)16-25-13-12-23(11-3-6-20(25)15-23)19-5-2-4-18(14-19)22(24)26/h2,4-5,7-10,14,20H,3,6,11-13,15-16H2,1H3,(H2,24,26). The van der Waals surface area contributed by atoms with Crippen LogP contribution in [-0.4, -0.2) is 30.5 Å². The Morgan fingerprint density at radius 1 is 1.22 bits per heavy atom. The van der Waals surface area contributed by atoms with Gasteiger partial charge in [0.15, 0.2) is 0 Å². The van der Waals surface area contributed by atoms with Crippen LogP contribution >= 0.6 is 0 Å². The van der Waals surface area contributed by atoms with Gasteiger partial charge in [-0.2, -0.15) is 0 Å². The molecule has 2 N–H and O–H groups in total. The first-order valence-electron chi connectivity index (χ1n) is 9.87. The average Bonchev–Trinajstić information content (AvgIpc) is 2.71. The van der Waals surface area contributed by atoms with Crippen molar-refractivity contribution < 1.29 is 9.53 Å². The number of amides is 1. The summed E-state index contributed by atoms with van der Waals surface area (Å²) in [4.78, 5) is 14.2. The van der Waals surface area contributed by atoms with Crippen molar-refractivity contribution in [1.29, 1.82) is 0 Å². The number of hydrogen-bond acceptors (Lipinski definition) is 3. The molecule has 1 aliphatic heterocycles. The van der Waals surface area contributed by atoms with E-state index in [1.54, 1.807) is 7.11 Å². The van der Waals surface area contributed by atoms with E-state index in [1.165, 1.54) is 36.8 Å². The highest BCUT2D eigenvalue weighted by molar-refractivity contribution is 5.92. The number of carbonyl (C=O) groups excluding carboxylic acids is 1. The van der Waals surface area contributed by atoms with E-state index < -0.39 is 0 Å². The zero-order chi connectivity index (χ0) is 18.9. The number of benzene rings is 2. The summed E-state index contributed by atoms with van der Waals surface area (Å²) in [5, 5.41) is 0. The number of nitrogens with two attached hydrogens (primary N) is 1. The normalized spacial score (nSPS) is 25.1. The number of ether oxygens (including phenoxy) is 1. The van der Waals surface area contributed by atoms with Crippen LogP contribution in [-0.2, 0) is 12.0 Å². The predicted molar refractivity (Wildman–Crippen MR) is 107 cm³/mol. The van der Waals surface area contributed by atoms with Crippen LogP contribution in [0.1, 0.15) is 53.6 Å². The van der Waals surface area contributed by atoms with E-state index in [1.807, 2.05) is 30.3 Å². The zero-order valence-corrected chi connectivity index (χ0v) is 16.0. The van der Waals surface area contributed by atoms with Gasteiger partial charge in [0, 0.05) is 18.2 Å². The van der Waals surface area contributed by atoms with E-state index in [-0.39, 0.29) is 11.3 Å². The number of nitrogens with zero attached hydrogens (tertiary/aromatic N) is 1. The fourth-order valence-electron chi connectivity index (χ4n) is 4.99. The summed E-state index contributed by atoms with van der Waals surface area (Å²) in [6.07, 6.45) is 6.02. The Labute approximate surface area is 161 Å². The molecule has 1 saturated carbocycles. The Morgan fingerprint density at radius 3 is 2.78 bits per heavy atom. The Kier molecular flexibility index (Phi) is 4.92. The van der Waals surface area contributed by atoms with E-state index in [4.69, 9.17) is 10.5 Å². The summed E-state index contributed by atoms with van der Waals surface area (Å²) in [5.74, 6) is 0.570. The quantitative estimate of drug-likeness (QED) is 0.876. The molecular weight excluding hydrogens is 336 g/mol. The van der Waals surface area contributed by atoms with Crippen molar-refractivity contribution in [1.82, 2.24) is 4.90 Å². The summed E-state index contributed by atoms with van der Waals surface area (Å²) in [7, 11) is 1.70. The van der Waals surface area contributed by atoms with Crippen LogP contribution < -0.4 is 10.5 Å². The molecule has 2 aromatic rings. The molecule has 2 aliphatic rings. The molecule has 1 aliphatic carbocycles. The lowest BCUT2D eigenvalue weighted by atomic mass is 9.63. The monoisotopic (exact) mass is 364 g/mol. The van der Waals surface area contributed by atoms with Crippen molar-refractivity contribution >= 4 is 5.91 Å². The SMILES string of the molecule is COc1ccc(CN2CCC3(c4cccc(C(N)=O)c4)CCCC2C3)cc1. The number of primary amides is 1. The van der Waals surface area contributed by atoms with Gasteiger partial charge < -0.3 is 10.5 Å². The Bertz CT molecular complexity index is 817. The first-order chi connectivity index (χ1) is 13.1.